The van der Waals surface area contributed by atoms with Crippen LogP contribution in [0, 0.1) is 3.57 Å². The summed E-state index contributed by atoms with van der Waals surface area (Å²) in [5, 5.41) is 0. The van der Waals surface area contributed by atoms with Gasteiger partial charge in [0.05, 0.1) is 0 Å². The molecule has 0 N–H and O–H groups in total. The highest BCUT2D eigenvalue weighted by Crippen LogP contribution is 2.20. The summed E-state index contributed by atoms with van der Waals surface area (Å²) >= 11 is 5.58. The van der Waals surface area contributed by atoms with Gasteiger partial charge in [-0.1, -0.05) is 13.0 Å². The van der Waals surface area contributed by atoms with Gasteiger partial charge in [-0.15, -0.1) is 0 Å². The van der Waals surface area contributed by atoms with E-state index in [0.717, 1.165) is 13.6 Å². The fourth-order valence-corrected chi connectivity index (χ4v) is 1.64. The van der Waals surface area contributed by atoms with Crippen LogP contribution in [-0.2, 0) is 0 Å². The average Bonchev–Trinajstić information content (AvgIpc) is 2.08. The Morgan fingerprint density at radius 1 is 1.58 bits per heavy atom. The number of hydrogen-bond acceptors (Lipinski definition) is 1. The molecule has 0 saturated heterocycles. The van der Waals surface area contributed by atoms with E-state index in [0.29, 0.717) is 6.42 Å². The lowest BCUT2D eigenvalue weighted by molar-refractivity contribution is 0.0988. The molecular weight excluding hydrogens is 331 g/mol. The molecular formula is C9H8BrIO. The smallest absolute Gasteiger partial charge is 0.162 e. The molecule has 0 unspecified atom stereocenters. The highest BCUT2D eigenvalue weighted by Gasteiger charge is 2.04. The van der Waals surface area contributed by atoms with E-state index < -0.39 is 0 Å². The third kappa shape index (κ3) is 2.29. The van der Waals surface area contributed by atoms with E-state index in [2.05, 4.69) is 38.5 Å². The third-order valence-electron chi connectivity index (χ3n) is 1.56. The van der Waals surface area contributed by atoms with Crippen molar-refractivity contribution in [3.05, 3.63) is 31.8 Å². The van der Waals surface area contributed by atoms with E-state index in [1.54, 1.807) is 0 Å². The van der Waals surface area contributed by atoms with Gasteiger partial charge in [0, 0.05) is 20.0 Å². The lowest BCUT2D eigenvalue weighted by Gasteiger charge is -1.99. The first kappa shape index (κ1) is 10.2. The minimum atomic E-state index is 0.195. The number of carbonyl (C=O) groups excluding carboxylic acids is 1. The van der Waals surface area contributed by atoms with Crippen molar-refractivity contribution in [2.75, 3.05) is 0 Å². The minimum absolute atomic E-state index is 0.195. The third-order valence-corrected chi connectivity index (χ3v) is 3.89. The molecule has 0 aliphatic heterocycles. The van der Waals surface area contributed by atoms with E-state index in [9.17, 15) is 4.79 Å². The summed E-state index contributed by atoms with van der Waals surface area (Å²) in [5.74, 6) is 0.195. The van der Waals surface area contributed by atoms with Crippen molar-refractivity contribution >= 4 is 44.3 Å². The molecule has 0 saturated carbocycles. The van der Waals surface area contributed by atoms with Gasteiger partial charge in [-0.2, -0.15) is 0 Å². The first-order valence-corrected chi connectivity index (χ1v) is 5.50. The van der Waals surface area contributed by atoms with Crippen molar-refractivity contribution in [3.8, 4) is 0 Å². The number of benzene rings is 1. The molecule has 0 aliphatic carbocycles. The molecule has 0 aromatic heterocycles. The van der Waals surface area contributed by atoms with Crippen molar-refractivity contribution in [3.63, 3.8) is 0 Å². The number of halogens is 2. The second-order valence-electron chi connectivity index (χ2n) is 2.41. The molecule has 0 aliphatic rings. The van der Waals surface area contributed by atoms with E-state index in [4.69, 9.17) is 0 Å². The van der Waals surface area contributed by atoms with Crippen molar-refractivity contribution in [2.45, 2.75) is 13.3 Å². The zero-order chi connectivity index (χ0) is 9.14. The Morgan fingerprint density at radius 2 is 2.25 bits per heavy atom. The first-order valence-electron chi connectivity index (χ1n) is 3.63. The van der Waals surface area contributed by atoms with Crippen LogP contribution in [0.25, 0.3) is 0 Å². The first-order chi connectivity index (χ1) is 5.65. The second-order valence-corrected chi connectivity index (χ2v) is 4.42. The van der Waals surface area contributed by atoms with E-state index >= 15 is 0 Å². The van der Waals surface area contributed by atoms with Crippen molar-refractivity contribution in [1.82, 2.24) is 0 Å². The normalized spacial score (nSPS) is 9.92. The lowest BCUT2D eigenvalue weighted by atomic mass is 10.1. The molecule has 0 radical (unpaired) electrons. The standard InChI is InChI=1S/C9H8BrIO/c1-2-9(12)6-3-4-7(10)8(11)5-6/h3-5H,2H2,1H3. The van der Waals surface area contributed by atoms with Gasteiger partial charge in [-0.05, 0) is 50.7 Å². The van der Waals surface area contributed by atoms with Crippen molar-refractivity contribution < 1.29 is 4.79 Å². The Kier molecular flexibility index (Phi) is 3.71. The predicted octanol–water partition coefficient (Wildman–Crippen LogP) is 3.65. The Balaban J connectivity index is 3.05. The molecule has 64 valence electrons. The van der Waals surface area contributed by atoms with E-state index in [1.165, 1.54) is 0 Å². The molecule has 1 aromatic rings. The average molecular weight is 339 g/mol. The van der Waals surface area contributed by atoms with E-state index in [1.807, 2.05) is 25.1 Å². The Labute approximate surface area is 93.8 Å². The van der Waals surface area contributed by atoms with E-state index in [-0.39, 0.29) is 5.78 Å². The van der Waals surface area contributed by atoms with Crippen LogP contribution < -0.4 is 0 Å². The summed E-state index contributed by atoms with van der Waals surface area (Å²) in [5.41, 5.74) is 0.796. The van der Waals surface area contributed by atoms with Gasteiger partial charge in [0.25, 0.3) is 0 Å². The summed E-state index contributed by atoms with van der Waals surface area (Å²) in [4.78, 5) is 11.3. The van der Waals surface area contributed by atoms with Gasteiger partial charge in [0.15, 0.2) is 5.78 Å². The highest BCUT2D eigenvalue weighted by atomic mass is 127. The maximum atomic E-state index is 11.3. The van der Waals surface area contributed by atoms with Gasteiger partial charge in [-0.3, -0.25) is 4.79 Å². The molecule has 0 atom stereocenters. The molecule has 1 aromatic carbocycles. The zero-order valence-corrected chi connectivity index (χ0v) is 10.3. The predicted molar refractivity (Wildman–Crippen MR) is 61.5 cm³/mol. The van der Waals surface area contributed by atoms with Crippen LogP contribution in [0.1, 0.15) is 23.7 Å². The van der Waals surface area contributed by atoms with Gasteiger partial charge < -0.3 is 0 Å². The van der Waals surface area contributed by atoms with Gasteiger partial charge in [-0.25, -0.2) is 0 Å². The van der Waals surface area contributed by atoms with Crippen LogP contribution in [-0.4, -0.2) is 5.78 Å². The van der Waals surface area contributed by atoms with Crippen molar-refractivity contribution in [2.24, 2.45) is 0 Å². The molecule has 0 amide bonds. The molecule has 0 bridgehead atoms. The molecule has 1 rings (SSSR count). The topological polar surface area (TPSA) is 17.1 Å². The van der Waals surface area contributed by atoms with Crippen LogP contribution in [0.4, 0.5) is 0 Å². The number of ketones is 1. The van der Waals surface area contributed by atoms with Crippen LogP contribution in [0.5, 0.6) is 0 Å². The zero-order valence-electron chi connectivity index (χ0n) is 6.60. The second kappa shape index (κ2) is 4.37. The molecule has 12 heavy (non-hydrogen) atoms. The lowest BCUT2D eigenvalue weighted by Crippen LogP contribution is -1.96. The summed E-state index contributed by atoms with van der Waals surface area (Å²) < 4.78 is 2.11. The Bertz CT molecular complexity index is 309. The largest absolute Gasteiger partial charge is 0.294 e. The van der Waals surface area contributed by atoms with Crippen LogP contribution in [0.2, 0.25) is 0 Å². The quantitative estimate of drug-likeness (QED) is 0.594. The molecule has 3 heteroatoms. The molecule has 0 heterocycles. The monoisotopic (exact) mass is 338 g/mol. The highest BCUT2D eigenvalue weighted by molar-refractivity contribution is 14.1. The Morgan fingerprint density at radius 3 is 2.75 bits per heavy atom. The van der Waals surface area contributed by atoms with Crippen LogP contribution in [0.15, 0.2) is 22.7 Å². The van der Waals surface area contributed by atoms with Gasteiger partial charge in [0.2, 0.25) is 0 Å². The summed E-state index contributed by atoms with van der Waals surface area (Å²) in [6.45, 7) is 1.87. The maximum absolute atomic E-state index is 11.3. The van der Waals surface area contributed by atoms with Crippen molar-refractivity contribution in [1.29, 1.82) is 0 Å². The van der Waals surface area contributed by atoms with Crippen LogP contribution in [0.3, 0.4) is 0 Å². The minimum Gasteiger partial charge on any atom is -0.294 e. The molecule has 1 nitrogen and oxygen atoms in total. The Hall–Kier alpha value is 0.1000. The SMILES string of the molecule is CCC(=O)c1ccc(Br)c(I)c1. The summed E-state index contributed by atoms with van der Waals surface area (Å²) in [7, 11) is 0. The van der Waals surface area contributed by atoms with Gasteiger partial charge >= 0.3 is 0 Å². The van der Waals surface area contributed by atoms with Crippen LogP contribution >= 0.6 is 38.5 Å². The number of rotatable bonds is 2. The fourth-order valence-electron chi connectivity index (χ4n) is 0.874. The van der Waals surface area contributed by atoms with Gasteiger partial charge in [0.1, 0.15) is 0 Å². The molecule has 0 fully saturated rings. The fraction of sp³-hybridized carbons (Fsp3) is 0.222. The molecule has 0 spiro atoms. The summed E-state index contributed by atoms with van der Waals surface area (Å²) in [6, 6.07) is 5.65. The number of Topliss-reactive ketones (excluding diaryl/α,β-unsaturated/α-hetero) is 1. The number of carbonyl (C=O) groups is 1. The summed E-state index contributed by atoms with van der Waals surface area (Å²) in [6.07, 6.45) is 0.567. The number of hydrogen-bond donors (Lipinski definition) is 0. The maximum Gasteiger partial charge on any atom is 0.162 e.